The van der Waals surface area contributed by atoms with Crippen LogP contribution in [0.3, 0.4) is 0 Å². The number of methoxy groups -OCH3 is 1. The molecule has 3 N–H and O–H groups in total. The van der Waals surface area contributed by atoms with Crippen molar-refractivity contribution in [2.24, 2.45) is 7.05 Å². The fourth-order valence-corrected chi connectivity index (χ4v) is 5.40. The number of imidazole rings is 1. The molecule has 11 nitrogen and oxygen atoms in total. The number of carbonyl (C=O) groups excluding carboxylic acids is 3. The summed E-state index contributed by atoms with van der Waals surface area (Å²) < 4.78 is 35.0. The van der Waals surface area contributed by atoms with Gasteiger partial charge in [0.25, 0.3) is 11.8 Å². The number of nitrogens with zero attached hydrogens (tertiary/aromatic N) is 4. The Hall–Kier alpha value is -4.07. The molecule has 2 fully saturated rings. The number of piperazine rings is 1. The summed E-state index contributed by atoms with van der Waals surface area (Å²) >= 11 is 6.42. The van der Waals surface area contributed by atoms with Gasteiger partial charge in [-0.1, -0.05) is 11.6 Å². The average molecular weight is 603 g/mol. The van der Waals surface area contributed by atoms with Crippen molar-refractivity contribution in [1.29, 1.82) is 0 Å². The third-order valence-electron chi connectivity index (χ3n) is 7.48. The Bertz CT molecular complexity index is 1540. The van der Waals surface area contributed by atoms with Crippen LogP contribution in [0.2, 0.25) is 5.02 Å². The van der Waals surface area contributed by atoms with E-state index in [-0.39, 0.29) is 45.2 Å². The lowest BCUT2D eigenvalue weighted by molar-refractivity contribution is -0.134. The molecule has 0 aliphatic carbocycles. The molecule has 2 aromatic carbocycles. The maximum absolute atomic E-state index is 14.6. The van der Waals surface area contributed by atoms with E-state index < -0.39 is 29.7 Å². The molecule has 14 heteroatoms. The molecule has 2 saturated heterocycles. The summed E-state index contributed by atoms with van der Waals surface area (Å²) in [6, 6.07) is 6.67. The van der Waals surface area contributed by atoms with Gasteiger partial charge in [0.15, 0.2) is 17.4 Å². The second-order valence-electron chi connectivity index (χ2n) is 10.1. The molecule has 0 spiro atoms. The lowest BCUT2D eigenvalue weighted by atomic mass is 10.1. The van der Waals surface area contributed by atoms with Crippen LogP contribution in [0.4, 0.5) is 14.5 Å². The number of amides is 3. The number of ether oxygens (including phenoxy) is 1. The van der Waals surface area contributed by atoms with E-state index in [1.54, 1.807) is 9.80 Å². The number of rotatable bonds is 6. The summed E-state index contributed by atoms with van der Waals surface area (Å²) in [5, 5.41) is 15.5. The molecule has 3 heterocycles. The zero-order chi connectivity index (χ0) is 30.1. The van der Waals surface area contributed by atoms with Crippen molar-refractivity contribution < 1.29 is 33.0 Å². The minimum absolute atomic E-state index is 0.0633. The zero-order valence-electron chi connectivity index (χ0n) is 22.9. The zero-order valence-corrected chi connectivity index (χ0v) is 23.6. The highest BCUT2D eigenvalue weighted by atomic mass is 35.5. The van der Waals surface area contributed by atoms with Gasteiger partial charge in [-0.2, -0.15) is 4.39 Å². The van der Waals surface area contributed by atoms with Crippen LogP contribution in [0.15, 0.2) is 36.5 Å². The number of benzene rings is 2. The number of anilines is 1. The van der Waals surface area contributed by atoms with Gasteiger partial charge >= 0.3 is 0 Å². The van der Waals surface area contributed by atoms with Gasteiger partial charge in [0.2, 0.25) is 11.7 Å². The summed E-state index contributed by atoms with van der Waals surface area (Å²) in [7, 11) is 2.72. The maximum atomic E-state index is 14.6. The summed E-state index contributed by atoms with van der Waals surface area (Å²) in [6.07, 6.45) is 1.10. The van der Waals surface area contributed by atoms with E-state index in [4.69, 9.17) is 16.3 Å². The molecule has 222 valence electrons. The van der Waals surface area contributed by atoms with E-state index in [0.29, 0.717) is 44.8 Å². The summed E-state index contributed by atoms with van der Waals surface area (Å²) in [6.45, 7) is 1.77. The van der Waals surface area contributed by atoms with Crippen LogP contribution in [-0.4, -0.2) is 94.2 Å². The normalized spacial score (nSPS) is 18.7. The quantitative estimate of drug-likeness (QED) is 0.395. The Morgan fingerprint density at radius 3 is 2.45 bits per heavy atom. The third kappa shape index (κ3) is 5.67. The van der Waals surface area contributed by atoms with Crippen LogP contribution < -0.4 is 15.4 Å². The molecule has 2 atom stereocenters. The van der Waals surface area contributed by atoms with E-state index in [0.717, 1.165) is 0 Å². The molecule has 2 aliphatic rings. The number of β-amino-alcohol motifs (C(OH)–C–C–N with tert-alkyl or cyclic N) is 1. The van der Waals surface area contributed by atoms with Crippen molar-refractivity contribution in [3.63, 3.8) is 0 Å². The molecule has 3 aromatic rings. The van der Waals surface area contributed by atoms with E-state index in [2.05, 4.69) is 15.6 Å². The molecule has 2 aliphatic heterocycles. The summed E-state index contributed by atoms with van der Waals surface area (Å²) in [5.41, 5.74) is 0.630. The van der Waals surface area contributed by atoms with Crippen LogP contribution in [0, 0.1) is 11.6 Å². The average Bonchev–Trinajstić information content (AvgIpc) is 3.59. The Morgan fingerprint density at radius 2 is 1.81 bits per heavy atom. The van der Waals surface area contributed by atoms with Crippen molar-refractivity contribution >= 4 is 35.0 Å². The molecule has 0 bridgehead atoms. The fourth-order valence-electron chi connectivity index (χ4n) is 5.14. The number of carbonyl (C=O) groups is 3. The Balaban J connectivity index is 1.22. The molecule has 42 heavy (non-hydrogen) atoms. The predicted molar refractivity (Wildman–Crippen MR) is 149 cm³/mol. The predicted octanol–water partition coefficient (Wildman–Crippen LogP) is 2.29. The highest BCUT2D eigenvalue weighted by molar-refractivity contribution is 6.34. The standard InChI is InChI=1S/C28H29ClF2N6O5/c1-35-21(18-5-6-22(42-2)24(31)23(18)30)14-33-25(35)26(39)34-15-3-4-17(19(29)11-15)27(40)36-7-9-37(10-8-36)28(41)20-12-16(38)13-32-20/h3-6,11,14,16,20,32,38H,7-10,12-13H2,1-2H3,(H,34,39)/t16-,20-/m1/s1. The van der Waals surface area contributed by atoms with Crippen LogP contribution in [0.25, 0.3) is 11.3 Å². The van der Waals surface area contributed by atoms with Crippen molar-refractivity contribution in [2.45, 2.75) is 18.6 Å². The number of aliphatic hydroxyl groups excluding tert-OH is 1. The topological polar surface area (TPSA) is 129 Å². The van der Waals surface area contributed by atoms with Gasteiger partial charge < -0.3 is 34.8 Å². The van der Waals surface area contributed by atoms with Crippen LogP contribution >= 0.6 is 11.6 Å². The molecule has 0 radical (unpaired) electrons. The first-order chi connectivity index (χ1) is 20.1. The van der Waals surface area contributed by atoms with E-state index >= 15 is 0 Å². The highest BCUT2D eigenvalue weighted by Crippen LogP contribution is 2.30. The summed E-state index contributed by atoms with van der Waals surface area (Å²) in [4.78, 5) is 46.1. The Kier molecular flexibility index (Phi) is 8.43. The number of hydrogen-bond donors (Lipinski definition) is 3. The molecule has 3 amide bonds. The van der Waals surface area contributed by atoms with Gasteiger partial charge in [-0.3, -0.25) is 14.4 Å². The SMILES string of the molecule is COc1ccc(-c2cnc(C(=O)Nc3ccc(C(=O)N4CCN(C(=O)[C@H]5C[C@@H](O)CN5)CC4)c(Cl)c3)n2C)c(F)c1F. The van der Waals surface area contributed by atoms with E-state index in [9.17, 15) is 28.3 Å². The molecule has 1 aromatic heterocycles. The number of halogens is 3. The van der Waals surface area contributed by atoms with E-state index in [1.165, 1.54) is 55.3 Å². The van der Waals surface area contributed by atoms with Gasteiger partial charge in [-0.25, -0.2) is 9.37 Å². The van der Waals surface area contributed by atoms with Crippen LogP contribution in [0.1, 0.15) is 27.4 Å². The minimum atomic E-state index is -1.15. The van der Waals surface area contributed by atoms with Crippen molar-refractivity contribution in [3.8, 4) is 17.0 Å². The van der Waals surface area contributed by atoms with Crippen LogP contribution in [0.5, 0.6) is 5.75 Å². The Morgan fingerprint density at radius 1 is 1.10 bits per heavy atom. The first kappa shape index (κ1) is 29.4. The number of nitrogens with one attached hydrogen (secondary N) is 2. The number of aromatic nitrogens is 2. The first-order valence-electron chi connectivity index (χ1n) is 13.2. The smallest absolute Gasteiger partial charge is 0.291 e. The van der Waals surface area contributed by atoms with Crippen molar-refractivity contribution in [3.05, 3.63) is 64.6 Å². The van der Waals surface area contributed by atoms with Gasteiger partial charge in [-0.15, -0.1) is 0 Å². The second kappa shape index (κ2) is 12.0. The lowest BCUT2D eigenvalue weighted by Gasteiger charge is -2.36. The Labute approximate surface area is 245 Å². The molecule has 5 rings (SSSR count). The van der Waals surface area contributed by atoms with Gasteiger partial charge in [-0.05, 0) is 36.8 Å². The summed E-state index contributed by atoms with van der Waals surface area (Å²) in [5.74, 6) is -3.60. The molecular formula is C28H29ClF2N6O5. The number of hydrogen-bond acceptors (Lipinski definition) is 7. The van der Waals surface area contributed by atoms with Gasteiger partial charge in [0.1, 0.15) is 0 Å². The molecule has 0 saturated carbocycles. The minimum Gasteiger partial charge on any atom is -0.494 e. The number of aliphatic hydroxyl groups is 1. The molecular weight excluding hydrogens is 574 g/mol. The highest BCUT2D eigenvalue weighted by Gasteiger charge is 2.34. The lowest BCUT2D eigenvalue weighted by Crippen LogP contribution is -2.54. The van der Waals surface area contributed by atoms with Crippen LogP contribution in [-0.2, 0) is 11.8 Å². The molecule has 0 unspecified atom stereocenters. The largest absolute Gasteiger partial charge is 0.494 e. The van der Waals surface area contributed by atoms with E-state index in [1.807, 2.05) is 0 Å². The third-order valence-corrected chi connectivity index (χ3v) is 7.79. The second-order valence-corrected chi connectivity index (χ2v) is 10.5. The van der Waals surface area contributed by atoms with Gasteiger partial charge in [0.05, 0.1) is 41.7 Å². The van der Waals surface area contributed by atoms with Crippen molar-refractivity contribution in [1.82, 2.24) is 24.7 Å². The first-order valence-corrected chi connectivity index (χ1v) is 13.6. The fraction of sp³-hybridized carbons (Fsp3) is 0.357. The van der Waals surface area contributed by atoms with Gasteiger partial charge in [0, 0.05) is 51.0 Å². The maximum Gasteiger partial charge on any atom is 0.291 e. The van der Waals surface area contributed by atoms with Crippen molar-refractivity contribution in [2.75, 3.05) is 45.2 Å². The monoisotopic (exact) mass is 602 g/mol.